The number of imide groups is 1. The summed E-state index contributed by atoms with van der Waals surface area (Å²) in [7, 11) is -3.74. The molecule has 2 amide bonds. The van der Waals surface area contributed by atoms with E-state index in [-0.39, 0.29) is 29.9 Å². The fraction of sp³-hybridized carbons (Fsp3) is 0.286. The van der Waals surface area contributed by atoms with Crippen LogP contribution in [-0.2, 0) is 23.9 Å². The Hall–Kier alpha value is -1.99. The lowest BCUT2D eigenvalue weighted by Gasteiger charge is -2.13. The third-order valence-corrected chi connectivity index (χ3v) is 4.27. The van der Waals surface area contributed by atoms with Gasteiger partial charge in [-0.1, -0.05) is 18.2 Å². The second-order valence-electron chi connectivity index (χ2n) is 4.46. The van der Waals surface area contributed by atoms with E-state index in [0.29, 0.717) is 12.8 Å². The molecule has 1 aromatic rings. The van der Waals surface area contributed by atoms with Crippen LogP contribution in [0, 0.1) is 0 Å². The molecule has 0 spiro atoms. The van der Waals surface area contributed by atoms with Crippen LogP contribution in [-0.4, -0.2) is 38.3 Å². The second kappa shape index (κ2) is 6.64. The SMILES string of the molecule is O=C1C=CC(=O)N1CCCCOS(=O)(=O)c1ccccc1. The third-order valence-electron chi connectivity index (χ3n) is 2.95. The largest absolute Gasteiger partial charge is 0.296 e. The van der Waals surface area contributed by atoms with Gasteiger partial charge in [0.1, 0.15) is 0 Å². The molecule has 1 aromatic carbocycles. The minimum atomic E-state index is -3.74. The quantitative estimate of drug-likeness (QED) is 0.428. The van der Waals surface area contributed by atoms with Gasteiger partial charge >= 0.3 is 0 Å². The Morgan fingerprint density at radius 2 is 1.57 bits per heavy atom. The maximum Gasteiger partial charge on any atom is 0.296 e. The molecule has 1 aliphatic heterocycles. The Kier molecular flexibility index (Phi) is 4.87. The van der Waals surface area contributed by atoms with E-state index in [2.05, 4.69) is 0 Å². The number of unbranched alkanes of at least 4 members (excludes halogenated alkanes) is 1. The highest BCUT2D eigenvalue weighted by Gasteiger charge is 2.22. The Balaban J connectivity index is 1.73. The zero-order valence-electron chi connectivity index (χ0n) is 11.3. The lowest BCUT2D eigenvalue weighted by molar-refractivity contribution is -0.136. The van der Waals surface area contributed by atoms with Gasteiger partial charge in [0.25, 0.3) is 21.9 Å². The van der Waals surface area contributed by atoms with Crippen LogP contribution < -0.4 is 0 Å². The molecule has 0 unspecified atom stereocenters. The summed E-state index contributed by atoms with van der Waals surface area (Å²) in [4.78, 5) is 23.8. The molecule has 21 heavy (non-hydrogen) atoms. The maximum atomic E-state index is 11.8. The fourth-order valence-corrected chi connectivity index (χ4v) is 2.81. The van der Waals surface area contributed by atoms with Crippen LogP contribution in [0.15, 0.2) is 47.4 Å². The fourth-order valence-electron chi connectivity index (χ4n) is 1.85. The van der Waals surface area contributed by atoms with Gasteiger partial charge in [0.2, 0.25) is 0 Å². The first kappa shape index (κ1) is 15.4. The molecule has 0 N–H and O–H groups in total. The van der Waals surface area contributed by atoms with E-state index in [1.807, 2.05) is 0 Å². The van der Waals surface area contributed by atoms with Gasteiger partial charge in [0.15, 0.2) is 0 Å². The molecule has 0 radical (unpaired) electrons. The van der Waals surface area contributed by atoms with Gasteiger partial charge in [-0.2, -0.15) is 8.42 Å². The van der Waals surface area contributed by atoms with E-state index in [9.17, 15) is 18.0 Å². The summed E-state index contributed by atoms with van der Waals surface area (Å²) in [5, 5.41) is 0. The van der Waals surface area contributed by atoms with Crippen molar-refractivity contribution in [3.8, 4) is 0 Å². The monoisotopic (exact) mass is 309 g/mol. The van der Waals surface area contributed by atoms with Crippen molar-refractivity contribution in [2.45, 2.75) is 17.7 Å². The number of carbonyl (C=O) groups excluding carboxylic acids is 2. The first-order valence-electron chi connectivity index (χ1n) is 6.49. The van der Waals surface area contributed by atoms with Crippen LogP contribution in [0.4, 0.5) is 0 Å². The zero-order chi connectivity index (χ0) is 15.3. The standard InChI is InChI=1S/C14H15NO5S/c16-13-8-9-14(17)15(13)10-4-5-11-20-21(18,19)12-6-2-1-3-7-12/h1-3,6-9H,4-5,10-11H2. The van der Waals surface area contributed by atoms with Crippen LogP contribution in [0.1, 0.15) is 12.8 Å². The van der Waals surface area contributed by atoms with Gasteiger partial charge in [0.05, 0.1) is 11.5 Å². The zero-order valence-corrected chi connectivity index (χ0v) is 12.1. The first-order chi connectivity index (χ1) is 10.0. The van der Waals surface area contributed by atoms with Crippen molar-refractivity contribution in [2.24, 2.45) is 0 Å². The summed E-state index contributed by atoms with van der Waals surface area (Å²) >= 11 is 0. The van der Waals surface area contributed by atoms with E-state index in [1.54, 1.807) is 18.2 Å². The highest BCUT2D eigenvalue weighted by atomic mass is 32.2. The number of hydrogen-bond donors (Lipinski definition) is 0. The van der Waals surface area contributed by atoms with Gasteiger partial charge in [0, 0.05) is 18.7 Å². The predicted octanol–water partition coefficient (Wildman–Crippen LogP) is 1.10. The topological polar surface area (TPSA) is 80.8 Å². The van der Waals surface area contributed by atoms with Crippen molar-refractivity contribution in [3.05, 3.63) is 42.5 Å². The molecule has 0 saturated heterocycles. The molecule has 2 rings (SSSR count). The van der Waals surface area contributed by atoms with Crippen molar-refractivity contribution in [1.29, 1.82) is 0 Å². The molecule has 0 saturated carbocycles. The van der Waals surface area contributed by atoms with E-state index in [4.69, 9.17) is 4.18 Å². The predicted molar refractivity (Wildman–Crippen MR) is 74.7 cm³/mol. The number of carbonyl (C=O) groups is 2. The molecular weight excluding hydrogens is 294 g/mol. The number of hydrogen-bond acceptors (Lipinski definition) is 5. The lowest BCUT2D eigenvalue weighted by atomic mass is 10.3. The van der Waals surface area contributed by atoms with Gasteiger partial charge in [-0.15, -0.1) is 0 Å². The number of nitrogens with zero attached hydrogens (tertiary/aromatic N) is 1. The van der Waals surface area contributed by atoms with E-state index in [1.165, 1.54) is 24.3 Å². The van der Waals surface area contributed by atoms with Crippen molar-refractivity contribution in [2.75, 3.05) is 13.2 Å². The molecule has 0 aliphatic carbocycles. The third kappa shape index (κ3) is 3.99. The van der Waals surface area contributed by atoms with Crippen molar-refractivity contribution >= 4 is 21.9 Å². The molecular formula is C14H15NO5S. The van der Waals surface area contributed by atoms with E-state index in [0.717, 1.165) is 4.90 Å². The Labute approximate surface area is 123 Å². The maximum absolute atomic E-state index is 11.8. The normalized spacial score (nSPS) is 15.0. The van der Waals surface area contributed by atoms with Gasteiger partial charge in [-0.3, -0.25) is 18.7 Å². The smallest absolute Gasteiger partial charge is 0.275 e. The summed E-state index contributed by atoms with van der Waals surface area (Å²) in [5.41, 5.74) is 0. The molecule has 6 nitrogen and oxygen atoms in total. The summed E-state index contributed by atoms with van der Waals surface area (Å²) in [6, 6.07) is 7.88. The Bertz CT molecular complexity index is 633. The summed E-state index contributed by atoms with van der Waals surface area (Å²) in [6.45, 7) is 0.278. The summed E-state index contributed by atoms with van der Waals surface area (Å²) in [6.07, 6.45) is 3.37. The Morgan fingerprint density at radius 1 is 0.952 bits per heavy atom. The average Bonchev–Trinajstić information content (AvgIpc) is 2.79. The summed E-state index contributed by atoms with van der Waals surface area (Å²) in [5.74, 6) is -0.671. The van der Waals surface area contributed by atoms with Crippen LogP contribution in [0.3, 0.4) is 0 Å². The molecule has 0 aromatic heterocycles. The minimum Gasteiger partial charge on any atom is -0.275 e. The number of amides is 2. The molecule has 1 aliphatic rings. The number of benzene rings is 1. The van der Waals surface area contributed by atoms with E-state index >= 15 is 0 Å². The molecule has 7 heteroatoms. The molecule has 1 heterocycles. The van der Waals surface area contributed by atoms with Crippen LogP contribution in [0.25, 0.3) is 0 Å². The van der Waals surface area contributed by atoms with Crippen LogP contribution in [0.2, 0.25) is 0 Å². The first-order valence-corrected chi connectivity index (χ1v) is 7.89. The minimum absolute atomic E-state index is 0.0148. The van der Waals surface area contributed by atoms with E-state index < -0.39 is 10.1 Å². The van der Waals surface area contributed by atoms with Gasteiger partial charge in [-0.05, 0) is 25.0 Å². The van der Waals surface area contributed by atoms with Crippen LogP contribution in [0.5, 0.6) is 0 Å². The highest BCUT2D eigenvalue weighted by Crippen LogP contribution is 2.12. The van der Waals surface area contributed by atoms with Crippen LogP contribution >= 0.6 is 0 Å². The molecule has 0 bridgehead atoms. The highest BCUT2D eigenvalue weighted by molar-refractivity contribution is 7.86. The second-order valence-corrected chi connectivity index (χ2v) is 6.07. The van der Waals surface area contributed by atoms with Crippen molar-refractivity contribution in [3.63, 3.8) is 0 Å². The van der Waals surface area contributed by atoms with Gasteiger partial charge in [-0.25, -0.2) is 0 Å². The number of rotatable bonds is 7. The lowest BCUT2D eigenvalue weighted by Crippen LogP contribution is -2.31. The van der Waals surface area contributed by atoms with Crippen molar-refractivity contribution in [1.82, 2.24) is 4.90 Å². The molecule has 0 atom stereocenters. The van der Waals surface area contributed by atoms with Crippen molar-refractivity contribution < 1.29 is 22.2 Å². The molecule has 112 valence electrons. The molecule has 0 fully saturated rings. The van der Waals surface area contributed by atoms with Gasteiger partial charge < -0.3 is 0 Å². The Morgan fingerprint density at radius 3 is 2.19 bits per heavy atom. The summed E-state index contributed by atoms with van der Waals surface area (Å²) < 4.78 is 28.5. The average molecular weight is 309 g/mol.